The number of amides is 1. The molecule has 1 atom stereocenters. The Morgan fingerprint density at radius 2 is 1.52 bits per heavy atom. The van der Waals surface area contributed by atoms with E-state index in [1.54, 1.807) is 0 Å². The van der Waals surface area contributed by atoms with Crippen LogP contribution in [-0.4, -0.2) is 58.5 Å². The fourth-order valence-electron chi connectivity index (χ4n) is 3.13. The summed E-state index contributed by atoms with van der Waals surface area (Å²) in [6.45, 7) is 2.69. The van der Waals surface area contributed by atoms with Crippen molar-refractivity contribution >= 4 is 5.91 Å². The summed E-state index contributed by atoms with van der Waals surface area (Å²) in [4.78, 5) is 13.5. The normalized spacial score (nSPS) is 12.6. The van der Waals surface area contributed by atoms with E-state index in [2.05, 4.69) is 19.1 Å². The molecule has 0 radical (unpaired) electrons. The highest BCUT2D eigenvalue weighted by molar-refractivity contribution is 5.76. The number of allylic oxidation sites excluding steroid dienone is 1. The van der Waals surface area contributed by atoms with E-state index >= 15 is 0 Å². The summed E-state index contributed by atoms with van der Waals surface area (Å²) < 4.78 is 0. The van der Waals surface area contributed by atoms with E-state index in [1.165, 1.54) is 24.2 Å². The number of nitrogens with zero attached hydrogens (tertiary/aromatic N) is 1. The van der Waals surface area contributed by atoms with Gasteiger partial charge in [-0.05, 0) is 32.1 Å². The van der Waals surface area contributed by atoms with Crippen LogP contribution in [0, 0.1) is 0 Å². The van der Waals surface area contributed by atoms with Gasteiger partial charge in [-0.2, -0.15) is 0 Å². The molecule has 27 heavy (non-hydrogen) atoms. The third kappa shape index (κ3) is 17.0. The van der Waals surface area contributed by atoms with Crippen molar-refractivity contribution in [3.63, 3.8) is 0 Å². The Bertz CT molecular complexity index is 354. The molecule has 5 nitrogen and oxygen atoms in total. The van der Waals surface area contributed by atoms with Crippen LogP contribution < -0.4 is 0 Å². The summed E-state index contributed by atoms with van der Waals surface area (Å²) in [7, 11) is 0. The molecule has 0 saturated carbocycles. The summed E-state index contributed by atoms with van der Waals surface area (Å²) in [6, 6.07) is 0. The molecule has 0 aliphatic carbocycles. The molecule has 5 heteroatoms. The number of hydrogen-bond acceptors (Lipinski definition) is 4. The lowest BCUT2D eigenvalue weighted by Crippen LogP contribution is -2.35. The topological polar surface area (TPSA) is 81.0 Å². The molecule has 0 bridgehead atoms. The monoisotopic (exact) mass is 385 g/mol. The van der Waals surface area contributed by atoms with Crippen LogP contribution in [0.1, 0.15) is 90.4 Å². The summed E-state index contributed by atoms with van der Waals surface area (Å²) in [5, 5.41) is 27.8. The average Bonchev–Trinajstić information content (AvgIpc) is 2.66. The van der Waals surface area contributed by atoms with Gasteiger partial charge < -0.3 is 20.2 Å². The van der Waals surface area contributed by atoms with Crippen LogP contribution in [0.3, 0.4) is 0 Å². The van der Waals surface area contributed by atoms with Crippen LogP contribution in [0.15, 0.2) is 12.2 Å². The lowest BCUT2D eigenvalue weighted by Gasteiger charge is -2.20. The lowest BCUT2D eigenvalue weighted by molar-refractivity contribution is -0.132. The molecule has 0 aromatic rings. The number of aliphatic hydroxyl groups excluding tert-OH is 3. The third-order valence-corrected chi connectivity index (χ3v) is 4.82. The number of rotatable bonds is 19. The first-order valence-electron chi connectivity index (χ1n) is 11.0. The maximum atomic E-state index is 12.0. The molecule has 0 aromatic carbocycles. The van der Waals surface area contributed by atoms with Gasteiger partial charge in [0.25, 0.3) is 0 Å². The molecule has 0 saturated heterocycles. The van der Waals surface area contributed by atoms with Gasteiger partial charge in [0.2, 0.25) is 5.91 Å². The highest BCUT2D eigenvalue weighted by Crippen LogP contribution is 2.11. The van der Waals surface area contributed by atoms with Crippen molar-refractivity contribution in [1.29, 1.82) is 0 Å². The van der Waals surface area contributed by atoms with Gasteiger partial charge in [0.1, 0.15) is 0 Å². The van der Waals surface area contributed by atoms with E-state index in [9.17, 15) is 9.90 Å². The molecule has 0 aliphatic rings. The van der Waals surface area contributed by atoms with Gasteiger partial charge in [-0.3, -0.25) is 4.79 Å². The Kier molecular flexibility index (Phi) is 19.2. The first-order valence-corrected chi connectivity index (χ1v) is 11.0. The summed E-state index contributed by atoms with van der Waals surface area (Å²) in [5.41, 5.74) is 0. The molecule has 0 aromatic heterocycles. The quantitative estimate of drug-likeness (QED) is 0.233. The predicted molar refractivity (Wildman–Crippen MR) is 112 cm³/mol. The maximum Gasteiger partial charge on any atom is 0.222 e. The van der Waals surface area contributed by atoms with Crippen molar-refractivity contribution in [1.82, 2.24) is 4.90 Å². The minimum atomic E-state index is -0.188. The van der Waals surface area contributed by atoms with E-state index in [-0.39, 0.29) is 25.2 Å². The van der Waals surface area contributed by atoms with Crippen molar-refractivity contribution in [3.8, 4) is 0 Å². The van der Waals surface area contributed by atoms with Gasteiger partial charge in [0, 0.05) is 19.5 Å². The van der Waals surface area contributed by atoms with Crippen molar-refractivity contribution in [3.05, 3.63) is 12.2 Å². The standard InChI is InChI=1S/C22H43NO4/c1-2-3-4-11-14-21(26)15-12-9-7-5-6-8-10-13-16-22(27)23(17-19-24)18-20-25/h9,12,21,24-26H,2-8,10-11,13-20H2,1H3/b12-9+. The fourth-order valence-corrected chi connectivity index (χ4v) is 3.13. The van der Waals surface area contributed by atoms with E-state index in [4.69, 9.17) is 10.2 Å². The van der Waals surface area contributed by atoms with Crippen LogP contribution in [0.5, 0.6) is 0 Å². The van der Waals surface area contributed by atoms with E-state index < -0.39 is 0 Å². The number of carbonyl (C=O) groups excluding carboxylic acids is 1. The maximum absolute atomic E-state index is 12.0. The van der Waals surface area contributed by atoms with E-state index in [1.807, 2.05) is 0 Å². The van der Waals surface area contributed by atoms with Crippen molar-refractivity contribution in [2.45, 2.75) is 96.5 Å². The molecule has 3 N–H and O–H groups in total. The smallest absolute Gasteiger partial charge is 0.222 e. The van der Waals surface area contributed by atoms with Crippen LogP contribution in [0.25, 0.3) is 0 Å². The van der Waals surface area contributed by atoms with Crippen LogP contribution in [-0.2, 0) is 4.79 Å². The number of unbranched alkanes of at least 4 members (excludes halogenated alkanes) is 8. The van der Waals surface area contributed by atoms with Crippen LogP contribution in [0.4, 0.5) is 0 Å². The molecule has 0 fully saturated rings. The van der Waals surface area contributed by atoms with Crippen LogP contribution in [0.2, 0.25) is 0 Å². The second-order valence-electron chi connectivity index (χ2n) is 7.34. The Labute approximate surface area is 166 Å². The van der Waals surface area contributed by atoms with Gasteiger partial charge in [-0.15, -0.1) is 0 Å². The second-order valence-corrected chi connectivity index (χ2v) is 7.34. The molecule has 0 heterocycles. The second kappa shape index (κ2) is 19.8. The zero-order valence-corrected chi connectivity index (χ0v) is 17.4. The van der Waals surface area contributed by atoms with Crippen molar-refractivity contribution in [2.24, 2.45) is 0 Å². The summed E-state index contributed by atoms with van der Waals surface area (Å²) >= 11 is 0. The molecule has 1 unspecified atom stereocenters. The van der Waals surface area contributed by atoms with Gasteiger partial charge >= 0.3 is 0 Å². The van der Waals surface area contributed by atoms with Crippen molar-refractivity contribution < 1.29 is 20.1 Å². The molecular formula is C22H43NO4. The highest BCUT2D eigenvalue weighted by Gasteiger charge is 2.11. The Morgan fingerprint density at radius 1 is 0.889 bits per heavy atom. The number of hydrogen-bond donors (Lipinski definition) is 3. The Balaban J connectivity index is 3.51. The fraction of sp³-hybridized carbons (Fsp3) is 0.864. The molecule has 0 rings (SSSR count). The van der Waals surface area contributed by atoms with Crippen molar-refractivity contribution in [2.75, 3.05) is 26.3 Å². The van der Waals surface area contributed by atoms with Crippen LogP contribution >= 0.6 is 0 Å². The van der Waals surface area contributed by atoms with Gasteiger partial charge in [-0.25, -0.2) is 0 Å². The number of aliphatic hydroxyl groups is 3. The first-order chi connectivity index (χ1) is 13.2. The van der Waals surface area contributed by atoms with Gasteiger partial charge in [0.05, 0.1) is 19.3 Å². The Morgan fingerprint density at radius 3 is 2.19 bits per heavy atom. The van der Waals surface area contributed by atoms with Gasteiger partial charge in [-0.1, -0.05) is 64.0 Å². The largest absolute Gasteiger partial charge is 0.395 e. The first kappa shape index (κ1) is 26.1. The minimum absolute atomic E-state index is 0.0225. The molecule has 160 valence electrons. The van der Waals surface area contributed by atoms with E-state index in [0.29, 0.717) is 19.5 Å². The number of carbonyl (C=O) groups is 1. The SMILES string of the molecule is CCCCCCC(O)C/C=C/CCCCCCCC(=O)N(CCO)CCO. The summed E-state index contributed by atoms with van der Waals surface area (Å²) in [6.07, 6.45) is 17.5. The third-order valence-electron chi connectivity index (χ3n) is 4.82. The Hall–Kier alpha value is -0.910. The van der Waals surface area contributed by atoms with E-state index in [0.717, 1.165) is 57.8 Å². The zero-order valence-electron chi connectivity index (χ0n) is 17.4. The zero-order chi connectivity index (χ0) is 20.2. The molecule has 1 amide bonds. The lowest BCUT2D eigenvalue weighted by atomic mass is 10.1. The average molecular weight is 386 g/mol. The summed E-state index contributed by atoms with van der Waals surface area (Å²) in [5.74, 6) is 0.0225. The highest BCUT2D eigenvalue weighted by atomic mass is 16.3. The molecular weight excluding hydrogens is 342 g/mol. The predicted octanol–water partition coefficient (Wildman–Crippen LogP) is 3.81. The molecule has 0 spiro atoms. The molecule has 0 aliphatic heterocycles. The van der Waals surface area contributed by atoms with Gasteiger partial charge in [0.15, 0.2) is 0 Å². The minimum Gasteiger partial charge on any atom is -0.395 e.